The van der Waals surface area contributed by atoms with Crippen molar-refractivity contribution in [1.29, 1.82) is 0 Å². The standard InChI is InChI=1S/C20H27N5O3S2/c1-6-14-10-15-18(30-14)22-20(25(19(15)27)8-7-9-28-5)29-11-16(26)21-17-12(2)23-24(4)13(17)3/h10H,6-9,11H2,1-5H3,(H,21,26). The van der Waals surface area contributed by atoms with E-state index >= 15 is 0 Å². The number of aromatic nitrogens is 4. The summed E-state index contributed by atoms with van der Waals surface area (Å²) in [5.41, 5.74) is 2.34. The molecule has 10 heteroatoms. The Kier molecular flexibility index (Phi) is 7.32. The van der Waals surface area contributed by atoms with Gasteiger partial charge in [0.1, 0.15) is 4.83 Å². The summed E-state index contributed by atoms with van der Waals surface area (Å²) in [5.74, 6) is -0.000401. The monoisotopic (exact) mass is 449 g/mol. The average Bonchev–Trinajstić information content (AvgIpc) is 3.24. The number of hydrogen-bond donors (Lipinski definition) is 1. The van der Waals surface area contributed by atoms with Crippen molar-refractivity contribution >= 4 is 44.9 Å². The van der Waals surface area contributed by atoms with Crippen LogP contribution in [0.5, 0.6) is 0 Å². The SMILES string of the molecule is CCc1cc2c(=O)n(CCCOC)c(SCC(=O)Nc3c(C)nn(C)c3C)nc2s1. The van der Waals surface area contributed by atoms with Crippen LogP contribution in [0.3, 0.4) is 0 Å². The summed E-state index contributed by atoms with van der Waals surface area (Å²) in [5, 5.41) is 8.45. The fraction of sp³-hybridized carbons (Fsp3) is 0.500. The largest absolute Gasteiger partial charge is 0.385 e. The van der Waals surface area contributed by atoms with Crippen LogP contribution in [0, 0.1) is 13.8 Å². The molecular formula is C20H27N5O3S2. The lowest BCUT2D eigenvalue weighted by Crippen LogP contribution is -2.24. The molecule has 0 aromatic carbocycles. The van der Waals surface area contributed by atoms with Crippen molar-refractivity contribution in [2.24, 2.45) is 7.05 Å². The van der Waals surface area contributed by atoms with Crippen molar-refractivity contribution in [2.45, 2.75) is 45.3 Å². The van der Waals surface area contributed by atoms with Crippen LogP contribution >= 0.6 is 23.1 Å². The zero-order valence-electron chi connectivity index (χ0n) is 17.9. The van der Waals surface area contributed by atoms with E-state index in [1.807, 2.05) is 27.0 Å². The maximum atomic E-state index is 13.1. The van der Waals surface area contributed by atoms with Crippen molar-refractivity contribution in [3.63, 3.8) is 0 Å². The zero-order chi connectivity index (χ0) is 21.8. The Morgan fingerprint density at radius 1 is 1.37 bits per heavy atom. The second-order valence-corrected chi connectivity index (χ2v) is 9.05. The van der Waals surface area contributed by atoms with Gasteiger partial charge in [-0.2, -0.15) is 5.10 Å². The summed E-state index contributed by atoms with van der Waals surface area (Å²) in [4.78, 5) is 32.2. The number of nitrogens with one attached hydrogen (secondary N) is 1. The molecule has 0 spiro atoms. The molecule has 0 saturated carbocycles. The second kappa shape index (κ2) is 9.76. The van der Waals surface area contributed by atoms with E-state index in [0.717, 1.165) is 33.2 Å². The lowest BCUT2D eigenvalue weighted by atomic mass is 10.3. The predicted octanol–water partition coefficient (Wildman–Crippen LogP) is 3.14. The number of fused-ring (bicyclic) bond motifs is 1. The van der Waals surface area contributed by atoms with Gasteiger partial charge in [0.15, 0.2) is 5.16 Å². The number of nitrogens with zero attached hydrogens (tertiary/aromatic N) is 4. The first kappa shape index (κ1) is 22.5. The van der Waals surface area contributed by atoms with E-state index in [1.165, 1.54) is 23.1 Å². The van der Waals surface area contributed by atoms with Gasteiger partial charge < -0.3 is 10.1 Å². The van der Waals surface area contributed by atoms with E-state index in [2.05, 4.69) is 17.3 Å². The Morgan fingerprint density at radius 2 is 2.13 bits per heavy atom. The highest BCUT2D eigenvalue weighted by Gasteiger charge is 2.17. The fourth-order valence-corrected chi connectivity index (χ4v) is 4.99. The Hall–Kier alpha value is -2.17. The summed E-state index contributed by atoms with van der Waals surface area (Å²) in [6.07, 6.45) is 1.56. The number of anilines is 1. The van der Waals surface area contributed by atoms with Crippen molar-refractivity contribution < 1.29 is 9.53 Å². The normalized spacial score (nSPS) is 11.4. The third-order valence-corrected chi connectivity index (χ3v) is 7.00. The van der Waals surface area contributed by atoms with Crippen LogP contribution in [0.2, 0.25) is 0 Å². The Balaban J connectivity index is 1.83. The maximum Gasteiger partial charge on any atom is 0.262 e. The topological polar surface area (TPSA) is 91.0 Å². The molecule has 0 aliphatic heterocycles. The first-order valence-corrected chi connectivity index (χ1v) is 11.6. The van der Waals surface area contributed by atoms with E-state index in [1.54, 1.807) is 16.4 Å². The Bertz CT molecular complexity index is 1120. The molecule has 0 radical (unpaired) electrons. The number of ether oxygens (including phenoxy) is 1. The fourth-order valence-electron chi connectivity index (χ4n) is 3.16. The van der Waals surface area contributed by atoms with Crippen LogP contribution in [0.25, 0.3) is 10.2 Å². The van der Waals surface area contributed by atoms with Crippen LogP contribution in [0.4, 0.5) is 5.69 Å². The minimum absolute atomic E-state index is 0.0612. The van der Waals surface area contributed by atoms with Crippen LogP contribution < -0.4 is 10.9 Å². The second-order valence-electron chi connectivity index (χ2n) is 6.99. The molecule has 1 amide bonds. The molecule has 8 nitrogen and oxygen atoms in total. The molecule has 0 unspecified atom stereocenters. The molecule has 0 fully saturated rings. The lowest BCUT2D eigenvalue weighted by molar-refractivity contribution is -0.113. The molecule has 1 N–H and O–H groups in total. The van der Waals surface area contributed by atoms with Crippen molar-refractivity contribution in [2.75, 3.05) is 24.8 Å². The number of thioether (sulfide) groups is 1. The third kappa shape index (κ3) is 4.76. The Morgan fingerprint density at radius 3 is 2.77 bits per heavy atom. The van der Waals surface area contributed by atoms with Gasteiger partial charge in [-0.1, -0.05) is 18.7 Å². The van der Waals surface area contributed by atoms with Gasteiger partial charge in [0.2, 0.25) is 5.91 Å². The molecule has 0 aliphatic rings. The Labute approximate surface area is 183 Å². The van der Waals surface area contributed by atoms with Gasteiger partial charge in [-0.3, -0.25) is 18.8 Å². The highest BCUT2D eigenvalue weighted by atomic mass is 32.2. The minimum Gasteiger partial charge on any atom is -0.385 e. The summed E-state index contributed by atoms with van der Waals surface area (Å²) in [6.45, 7) is 6.88. The zero-order valence-corrected chi connectivity index (χ0v) is 19.6. The number of hydrogen-bond acceptors (Lipinski definition) is 7. The van der Waals surface area contributed by atoms with Gasteiger partial charge in [0, 0.05) is 32.2 Å². The first-order valence-electron chi connectivity index (χ1n) is 9.80. The van der Waals surface area contributed by atoms with E-state index < -0.39 is 0 Å². The number of amides is 1. The first-order chi connectivity index (χ1) is 14.3. The number of carbonyl (C=O) groups excluding carboxylic acids is 1. The van der Waals surface area contributed by atoms with Gasteiger partial charge in [-0.15, -0.1) is 11.3 Å². The van der Waals surface area contributed by atoms with Gasteiger partial charge in [0.05, 0.1) is 28.2 Å². The molecule has 0 saturated heterocycles. The number of aryl methyl sites for hydroxylation is 3. The number of methoxy groups -OCH3 is 1. The number of thiophene rings is 1. The van der Waals surface area contributed by atoms with Crippen molar-refractivity contribution in [3.8, 4) is 0 Å². The smallest absolute Gasteiger partial charge is 0.262 e. The molecule has 3 aromatic rings. The minimum atomic E-state index is -0.155. The number of rotatable bonds is 9. The van der Waals surface area contributed by atoms with Gasteiger partial charge in [0.25, 0.3) is 5.56 Å². The lowest BCUT2D eigenvalue weighted by Gasteiger charge is -2.12. The van der Waals surface area contributed by atoms with E-state index in [-0.39, 0.29) is 17.2 Å². The molecule has 162 valence electrons. The predicted molar refractivity (Wildman–Crippen MR) is 122 cm³/mol. The summed E-state index contributed by atoms with van der Waals surface area (Å²) in [7, 11) is 3.48. The van der Waals surface area contributed by atoms with Gasteiger partial charge in [-0.05, 0) is 32.8 Å². The van der Waals surface area contributed by atoms with Crippen LogP contribution in [0.1, 0.15) is 29.6 Å². The highest BCUT2D eigenvalue weighted by Crippen LogP contribution is 2.26. The molecule has 3 rings (SSSR count). The maximum absolute atomic E-state index is 13.1. The molecule has 3 heterocycles. The van der Waals surface area contributed by atoms with E-state index in [0.29, 0.717) is 30.1 Å². The molecule has 0 aliphatic carbocycles. The average molecular weight is 450 g/mol. The molecule has 3 aromatic heterocycles. The van der Waals surface area contributed by atoms with E-state index in [4.69, 9.17) is 9.72 Å². The number of carbonyl (C=O) groups is 1. The molecule has 30 heavy (non-hydrogen) atoms. The van der Waals surface area contributed by atoms with E-state index in [9.17, 15) is 9.59 Å². The summed E-state index contributed by atoms with van der Waals surface area (Å²) < 4.78 is 8.53. The van der Waals surface area contributed by atoms with Crippen LogP contribution in [0.15, 0.2) is 16.0 Å². The molecular weight excluding hydrogens is 422 g/mol. The quantitative estimate of drug-likeness (QED) is 0.307. The third-order valence-electron chi connectivity index (χ3n) is 4.85. The molecule has 0 atom stereocenters. The molecule has 0 bridgehead atoms. The van der Waals surface area contributed by atoms with Crippen molar-refractivity contribution in [1.82, 2.24) is 19.3 Å². The van der Waals surface area contributed by atoms with Crippen molar-refractivity contribution in [3.05, 3.63) is 32.7 Å². The van der Waals surface area contributed by atoms with Crippen LogP contribution in [-0.4, -0.2) is 44.7 Å². The summed E-state index contributed by atoms with van der Waals surface area (Å²) in [6, 6.07) is 1.93. The van der Waals surface area contributed by atoms with Crippen LogP contribution in [-0.2, 0) is 29.5 Å². The van der Waals surface area contributed by atoms with Gasteiger partial charge in [-0.25, -0.2) is 4.98 Å². The highest BCUT2D eigenvalue weighted by molar-refractivity contribution is 7.99. The van der Waals surface area contributed by atoms with Gasteiger partial charge >= 0.3 is 0 Å². The summed E-state index contributed by atoms with van der Waals surface area (Å²) >= 11 is 2.81.